The summed E-state index contributed by atoms with van der Waals surface area (Å²) in [4.78, 5) is 16.7. The van der Waals surface area contributed by atoms with Crippen LogP contribution in [0.2, 0.25) is 0 Å². The Balaban J connectivity index is 2.22. The summed E-state index contributed by atoms with van der Waals surface area (Å²) in [6, 6.07) is 5.37. The highest BCUT2D eigenvalue weighted by Crippen LogP contribution is 2.14. The Morgan fingerprint density at radius 1 is 1.28 bits per heavy atom. The molecule has 3 N–H and O–H groups in total. The summed E-state index contributed by atoms with van der Waals surface area (Å²) in [7, 11) is -3.72. The number of sulfonamides is 1. The van der Waals surface area contributed by atoms with Gasteiger partial charge in [0, 0.05) is 5.69 Å². The largest absolute Gasteiger partial charge is 0.478 e. The topological polar surface area (TPSA) is 112 Å². The zero-order chi connectivity index (χ0) is 13.2. The molecule has 7 nitrogen and oxygen atoms in total. The number of imidazole rings is 1. The van der Waals surface area contributed by atoms with Gasteiger partial charge in [-0.05, 0) is 24.3 Å². The van der Waals surface area contributed by atoms with Gasteiger partial charge in [0.15, 0.2) is 5.03 Å². The third-order valence-corrected chi connectivity index (χ3v) is 3.45. The standard InChI is InChI=1S/C10H9N3O4S/c14-10(15)7-1-3-8(4-2-7)13-18(16,17)9-5-11-6-12-9/h1-6,13H,(H,11,12)(H,14,15). The molecule has 0 aliphatic heterocycles. The van der Waals surface area contributed by atoms with Crippen LogP contribution in [0.5, 0.6) is 0 Å². The summed E-state index contributed by atoms with van der Waals surface area (Å²) in [5.41, 5.74) is 0.356. The van der Waals surface area contributed by atoms with Gasteiger partial charge in [-0.2, -0.15) is 8.42 Å². The number of rotatable bonds is 4. The maximum Gasteiger partial charge on any atom is 0.335 e. The van der Waals surface area contributed by atoms with Gasteiger partial charge in [-0.1, -0.05) is 0 Å². The normalized spacial score (nSPS) is 11.1. The molecule has 0 saturated heterocycles. The molecule has 0 spiro atoms. The average molecular weight is 267 g/mol. The van der Waals surface area contributed by atoms with Gasteiger partial charge in [0.1, 0.15) is 0 Å². The van der Waals surface area contributed by atoms with Crippen LogP contribution < -0.4 is 4.72 Å². The van der Waals surface area contributed by atoms with Crippen LogP contribution in [0.15, 0.2) is 41.8 Å². The van der Waals surface area contributed by atoms with Crippen molar-refractivity contribution in [3.8, 4) is 0 Å². The summed E-state index contributed by atoms with van der Waals surface area (Å²) < 4.78 is 25.9. The zero-order valence-electron chi connectivity index (χ0n) is 8.99. The number of carboxylic acid groups (broad SMARTS) is 1. The Kier molecular flexibility index (Phi) is 3.02. The van der Waals surface area contributed by atoms with Crippen LogP contribution in [0.25, 0.3) is 0 Å². The summed E-state index contributed by atoms with van der Waals surface area (Å²) in [5.74, 6) is -1.07. The van der Waals surface area contributed by atoms with Crippen molar-refractivity contribution >= 4 is 21.7 Å². The fraction of sp³-hybridized carbons (Fsp3) is 0. The molecule has 1 aromatic heterocycles. The molecule has 1 heterocycles. The zero-order valence-corrected chi connectivity index (χ0v) is 9.81. The maximum atomic E-state index is 11.8. The molecule has 0 radical (unpaired) electrons. The third kappa shape index (κ3) is 2.48. The number of aromatic amines is 1. The monoisotopic (exact) mass is 267 g/mol. The molecule has 0 unspecified atom stereocenters. The number of carbonyl (C=O) groups is 1. The van der Waals surface area contributed by atoms with Crippen molar-refractivity contribution in [2.75, 3.05) is 4.72 Å². The molecule has 0 fully saturated rings. The Labute approximate surface area is 103 Å². The molecule has 0 saturated carbocycles. The van der Waals surface area contributed by atoms with Crippen LogP contribution in [0, 0.1) is 0 Å². The predicted octanol–water partition coefficient (Wildman–Crippen LogP) is 0.909. The molecule has 0 bridgehead atoms. The SMILES string of the molecule is O=C(O)c1ccc(NS(=O)(=O)c2cnc[nH]2)cc1. The van der Waals surface area contributed by atoms with Crippen molar-refractivity contribution in [2.45, 2.75) is 5.03 Å². The van der Waals surface area contributed by atoms with Crippen LogP contribution in [0.4, 0.5) is 5.69 Å². The molecule has 2 aromatic rings. The Morgan fingerprint density at radius 3 is 2.44 bits per heavy atom. The van der Waals surface area contributed by atoms with Gasteiger partial charge in [0.25, 0.3) is 10.0 Å². The first-order valence-electron chi connectivity index (χ1n) is 4.83. The minimum absolute atomic E-state index is 0.0650. The van der Waals surface area contributed by atoms with Crippen molar-refractivity contribution in [3.63, 3.8) is 0 Å². The highest BCUT2D eigenvalue weighted by molar-refractivity contribution is 7.92. The quantitative estimate of drug-likeness (QED) is 0.762. The van der Waals surface area contributed by atoms with E-state index in [9.17, 15) is 13.2 Å². The van der Waals surface area contributed by atoms with E-state index in [1.165, 1.54) is 36.8 Å². The van der Waals surface area contributed by atoms with Crippen LogP contribution in [-0.2, 0) is 10.0 Å². The summed E-state index contributed by atoms with van der Waals surface area (Å²) in [5, 5.41) is 8.64. The molecule has 8 heteroatoms. The lowest BCUT2D eigenvalue weighted by atomic mass is 10.2. The van der Waals surface area contributed by atoms with Crippen LogP contribution in [0.1, 0.15) is 10.4 Å². The lowest BCUT2D eigenvalue weighted by Crippen LogP contribution is -2.13. The number of aromatic nitrogens is 2. The van der Waals surface area contributed by atoms with Crippen LogP contribution >= 0.6 is 0 Å². The first-order valence-corrected chi connectivity index (χ1v) is 6.32. The second-order valence-electron chi connectivity index (χ2n) is 3.40. The van der Waals surface area contributed by atoms with Crippen molar-refractivity contribution < 1.29 is 18.3 Å². The number of anilines is 1. The van der Waals surface area contributed by atoms with E-state index in [-0.39, 0.29) is 16.3 Å². The molecule has 0 aliphatic rings. The van der Waals surface area contributed by atoms with Crippen LogP contribution in [0.3, 0.4) is 0 Å². The lowest BCUT2D eigenvalue weighted by Gasteiger charge is -2.05. The Hall–Kier alpha value is -2.35. The third-order valence-electron chi connectivity index (χ3n) is 2.15. The van der Waals surface area contributed by atoms with Crippen molar-refractivity contribution in [1.29, 1.82) is 0 Å². The van der Waals surface area contributed by atoms with Gasteiger partial charge in [-0.3, -0.25) is 4.72 Å². The van der Waals surface area contributed by atoms with Crippen molar-refractivity contribution in [3.05, 3.63) is 42.4 Å². The minimum Gasteiger partial charge on any atom is -0.478 e. The van der Waals surface area contributed by atoms with E-state index in [1.807, 2.05) is 0 Å². The molecule has 18 heavy (non-hydrogen) atoms. The molecule has 1 aromatic carbocycles. The maximum absolute atomic E-state index is 11.8. The average Bonchev–Trinajstić information content (AvgIpc) is 2.83. The molecule has 2 rings (SSSR count). The fourth-order valence-electron chi connectivity index (χ4n) is 1.28. The number of nitrogens with one attached hydrogen (secondary N) is 2. The van der Waals surface area contributed by atoms with E-state index < -0.39 is 16.0 Å². The number of hydrogen-bond donors (Lipinski definition) is 3. The second kappa shape index (κ2) is 4.49. The van der Waals surface area contributed by atoms with Gasteiger partial charge in [-0.15, -0.1) is 0 Å². The van der Waals surface area contributed by atoms with E-state index in [1.54, 1.807) is 0 Å². The molecule has 0 aliphatic carbocycles. The summed E-state index contributed by atoms with van der Waals surface area (Å²) in [6.07, 6.45) is 2.43. The number of benzene rings is 1. The summed E-state index contributed by atoms with van der Waals surface area (Å²) >= 11 is 0. The van der Waals surface area contributed by atoms with Gasteiger partial charge in [0.05, 0.1) is 18.1 Å². The van der Waals surface area contributed by atoms with Gasteiger partial charge >= 0.3 is 5.97 Å². The van der Waals surface area contributed by atoms with Gasteiger partial charge in [-0.25, -0.2) is 9.78 Å². The number of hydrogen-bond acceptors (Lipinski definition) is 4. The van der Waals surface area contributed by atoms with Gasteiger partial charge < -0.3 is 10.1 Å². The Morgan fingerprint density at radius 2 is 1.94 bits per heavy atom. The highest BCUT2D eigenvalue weighted by Gasteiger charge is 2.15. The van der Waals surface area contributed by atoms with Gasteiger partial charge in [0.2, 0.25) is 0 Å². The fourth-order valence-corrected chi connectivity index (χ4v) is 2.24. The van der Waals surface area contributed by atoms with Crippen molar-refractivity contribution in [2.24, 2.45) is 0 Å². The predicted molar refractivity (Wildman–Crippen MR) is 62.8 cm³/mol. The first-order chi connectivity index (χ1) is 8.49. The number of carboxylic acids is 1. The van der Waals surface area contributed by atoms with Crippen molar-refractivity contribution in [1.82, 2.24) is 9.97 Å². The lowest BCUT2D eigenvalue weighted by molar-refractivity contribution is 0.0697. The number of H-pyrrole nitrogens is 1. The molecule has 94 valence electrons. The van der Waals surface area contributed by atoms with E-state index in [0.29, 0.717) is 0 Å². The number of aromatic carboxylic acids is 1. The Bertz CT molecular complexity index is 647. The van der Waals surface area contributed by atoms with E-state index in [4.69, 9.17) is 5.11 Å². The minimum atomic E-state index is -3.72. The smallest absolute Gasteiger partial charge is 0.335 e. The van der Waals surface area contributed by atoms with E-state index in [2.05, 4.69) is 14.7 Å². The molecule has 0 atom stereocenters. The van der Waals surface area contributed by atoms with Crippen LogP contribution in [-0.4, -0.2) is 29.5 Å². The highest BCUT2D eigenvalue weighted by atomic mass is 32.2. The molecular formula is C10H9N3O4S. The van der Waals surface area contributed by atoms with E-state index >= 15 is 0 Å². The first kappa shape index (κ1) is 12.1. The second-order valence-corrected chi connectivity index (χ2v) is 5.05. The molecular weight excluding hydrogens is 258 g/mol. The summed E-state index contributed by atoms with van der Waals surface area (Å²) in [6.45, 7) is 0. The molecule has 0 amide bonds. The number of nitrogens with zero attached hydrogens (tertiary/aromatic N) is 1. The van der Waals surface area contributed by atoms with E-state index in [0.717, 1.165) is 0 Å².